The van der Waals surface area contributed by atoms with E-state index in [-0.39, 0.29) is 11.9 Å². The molecule has 0 aliphatic carbocycles. The van der Waals surface area contributed by atoms with Gasteiger partial charge in [-0.3, -0.25) is 4.79 Å². The van der Waals surface area contributed by atoms with Gasteiger partial charge in [-0.15, -0.1) is 11.3 Å². The molecule has 2 heterocycles. The fourth-order valence-electron chi connectivity index (χ4n) is 3.38. The highest BCUT2D eigenvalue weighted by Gasteiger charge is 2.33. The lowest BCUT2D eigenvalue weighted by Gasteiger charge is -2.34. The number of thiophene rings is 1. The van der Waals surface area contributed by atoms with E-state index >= 15 is 0 Å². The number of rotatable bonds is 7. The molecule has 27 heavy (non-hydrogen) atoms. The molecular formula is C19H24N2O4S2. The minimum atomic E-state index is -3.46. The van der Waals surface area contributed by atoms with Crippen LogP contribution in [0.2, 0.25) is 0 Å². The van der Waals surface area contributed by atoms with E-state index in [1.807, 2.05) is 6.07 Å². The highest BCUT2D eigenvalue weighted by molar-refractivity contribution is 7.91. The lowest BCUT2D eigenvalue weighted by molar-refractivity contribution is 0.0946. The maximum atomic E-state index is 12.9. The molecule has 8 heteroatoms. The molecule has 2 aromatic rings. The Bertz CT molecular complexity index is 866. The number of ether oxygens (including phenoxy) is 1. The first-order valence-corrected chi connectivity index (χ1v) is 11.3. The number of para-hydroxylation sites is 1. The molecule has 1 saturated heterocycles. The zero-order valence-corrected chi connectivity index (χ0v) is 16.9. The number of amides is 1. The van der Waals surface area contributed by atoms with Gasteiger partial charge in [0.05, 0.1) is 12.7 Å². The van der Waals surface area contributed by atoms with Crippen molar-refractivity contribution in [3.63, 3.8) is 0 Å². The van der Waals surface area contributed by atoms with E-state index in [4.69, 9.17) is 4.74 Å². The van der Waals surface area contributed by atoms with E-state index in [9.17, 15) is 13.2 Å². The lowest BCUT2D eigenvalue weighted by Crippen LogP contribution is -2.44. The maximum Gasteiger partial charge on any atom is 0.255 e. The summed E-state index contributed by atoms with van der Waals surface area (Å²) in [6.45, 7) is 0.948. The Labute approximate surface area is 164 Å². The summed E-state index contributed by atoms with van der Waals surface area (Å²) in [5.41, 5.74) is 0.478. The van der Waals surface area contributed by atoms with Gasteiger partial charge in [0.2, 0.25) is 0 Å². The molecule has 6 nitrogen and oxygen atoms in total. The number of hydrogen-bond donors (Lipinski definition) is 1. The molecule has 1 N–H and O–H groups in total. The van der Waals surface area contributed by atoms with Crippen molar-refractivity contribution >= 4 is 27.3 Å². The summed E-state index contributed by atoms with van der Waals surface area (Å²) in [4.78, 5) is 12.4. The van der Waals surface area contributed by atoms with E-state index in [0.29, 0.717) is 35.0 Å². The fourth-order valence-corrected chi connectivity index (χ4v) is 6.23. The maximum absolute atomic E-state index is 12.9. The normalized spacial score (nSPS) is 18.2. The average molecular weight is 409 g/mol. The van der Waals surface area contributed by atoms with Gasteiger partial charge in [0.25, 0.3) is 15.9 Å². The number of nitrogens with zero attached hydrogens (tertiary/aromatic N) is 1. The predicted molar refractivity (Wildman–Crippen MR) is 106 cm³/mol. The molecule has 1 fully saturated rings. The standard InChI is InChI=1S/C19H24N2O4S2/c1-25-17-9-3-2-8-16(17)19(22)20-12-11-15-7-4-5-13-21(15)27(23,24)18-10-6-14-26-18/h2-3,6,8-10,14-15H,4-5,7,11-13H2,1H3,(H,20,22). The van der Waals surface area contributed by atoms with Gasteiger partial charge in [-0.2, -0.15) is 4.31 Å². The molecule has 0 spiro atoms. The van der Waals surface area contributed by atoms with Gasteiger partial charge in [-0.1, -0.05) is 24.6 Å². The van der Waals surface area contributed by atoms with Gasteiger partial charge in [-0.05, 0) is 42.8 Å². The predicted octanol–water partition coefficient (Wildman–Crippen LogP) is 3.12. The van der Waals surface area contributed by atoms with Crippen molar-refractivity contribution in [1.82, 2.24) is 9.62 Å². The second kappa shape index (κ2) is 8.86. The fraction of sp³-hybridized carbons (Fsp3) is 0.421. The molecule has 1 aliphatic rings. The van der Waals surface area contributed by atoms with Crippen LogP contribution in [-0.4, -0.2) is 44.9 Å². The van der Waals surface area contributed by atoms with Gasteiger partial charge in [-0.25, -0.2) is 8.42 Å². The van der Waals surface area contributed by atoms with E-state index in [2.05, 4.69) is 5.32 Å². The van der Waals surface area contributed by atoms with Crippen molar-refractivity contribution in [3.8, 4) is 5.75 Å². The van der Waals surface area contributed by atoms with Gasteiger partial charge >= 0.3 is 0 Å². The average Bonchev–Trinajstić information content (AvgIpc) is 3.24. The number of methoxy groups -OCH3 is 1. The van der Waals surface area contributed by atoms with Crippen molar-refractivity contribution in [1.29, 1.82) is 0 Å². The second-order valence-corrected chi connectivity index (χ2v) is 9.51. The molecule has 1 atom stereocenters. The molecule has 1 aromatic heterocycles. The Hall–Kier alpha value is -1.90. The van der Waals surface area contributed by atoms with Crippen LogP contribution in [0.15, 0.2) is 46.0 Å². The third-order valence-corrected chi connectivity index (χ3v) is 8.07. The number of sulfonamides is 1. The zero-order chi connectivity index (χ0) is 19.3. The zero-order valence-electron chi connectivity index (χ0n) is 15.3. The van der Waals surface area contributed by atoms with Crippen molar-refractivity contribution in [2.45, 2.75) is 35.9 Å². The Morgan fingerprint density at radius 1 is 1.26 bits per heavy atom. The Morgan fingerprint density at radius 2 is 2.07 bits per heavy atom. The summed E-state index contributed by atoms with van der Waals surface area (Å²) in [5.74, 6) is 0.311. The first-order chi connectivity index (χ1) is 13.0. The van der Waals surface area contributed by atoms with Crippen LogP contribution >= 0.6 is 11.3 Å². The van der Waals surface area contributed by atoms with Crippen LogP contribution in [0, 0.1) is 0 Å². The Balaban J connectivity index is 1.63. The van der Waals surface area contributed by atoms with Crippen LogP contribution < -0.4 is 10.1 Å². The Morgan fingerprint density at radius 3 is 2.81 bits per heavy atom. The van der Waals surface area contributed by atoms with Crippen molar-refractivity contribution < 1.29 is 17.9 Å². The SMILES string of the molecule is COc1ccccc1C(=O)NCCC1CCCCN1S(=O)(=O)c1cccs1. The minimum Gasteiger partial charge on any atom is -0.496 e. The number of nitrogens with one attached hydrogen (secondary N) is 1. The van der Waals surface area contributed by atoms with Crippen LogP contribution in [-0.2, 0) is 10.0 Å². The number of benzene rings is 1. The van der Waals surface area contributed by atoms with Crippen molar-refractivity contribution in [2.24, 2.45) is 0 Å². The van der Waals surface area contributed by atoms with E-state index in [0.717, 1.165) is 19.3 Å². The largest absolute Gasteiger partial charge is 0.496 e. The summed E-state index contributed by atoms with van der Waals surface area (Å²) >= 11 is 1.24. The van der Waals surface area contributed by atoms with Gasteiger partial charge in [0, 0.05) is 19.1 Å². The molecule has 0 bridgehead atoms. The van der Waals surface area contributed by atoms with E-state index in [1.165, 1.54) is 18.4 Å². The number of carbonyl (C=O) groups excluding carboxylic acids is 1. The smallest absolute Gasteiger partial charge is 0.255 e. The summed E-state index contributed by atoms with van der Waals surface area (Å²) in [5, 5.41) is 4.67. The monoisotopic (exact) mass is 408 g/mol. The van der Waals surface area contributed by atoms with Gasteiger partial charge in [0.15, 0.2) is 0 Å². The molecule has 3 rings (SSSR count). The van der Waals surface area contributed by atoms with Gasteiger partial charge < -0.3 is 10.1 Å². The molecule has 1 aromatic carbocycles. The molecule has 1 unspecified atom stereocenters. The van der Waals surface area contributed by atoms with Crippen LogP contribution in [0.25, 0.3) is 0 Å². The van der Waals surface area contributed by atoms with Crippen LogP contribution in [0.3, 0.4) is 0 Å². The summed E-state index contributed by atoms with van der Waals surface area (Å²) in [7, 11) is -1.93. The highest BCUT2D eigenvalue weighted by atomic mass is 32.2. The van der Waals surface area contributed by atoms with E-state index < -0.39 is 10.0 Å². The lowest BCUT2D eigenvalue weighted by atomic mass is 10.0. The van der Waals surface area contributed by atoms with Crippen LogP contribution in [0.5, 0.6) is 5.75 Å². The number of piperidine rings is 1. The minimum absolute atomic E-state index is 0.0937. The third kappa shape index (κ3) is 4.51. The van der Waals surface area contributed by atoms with Crippen LogP contribution in [0.4, 0.5) is 0 Å². The Kier molecular flexibility index (Phi) is 6.51. The quantitative estimate of drug-likeness (QED) is 0.764. The van der Waals surface area contributed by atoms with Crippen LogP contribution in [0.1, 0.15) is 36.0 Å². The summed E-state index contributed by atoms with van der Waals surface area (Å²) in [6, 6.07) is 10.4. The topological polar surface area (TPSA) is 75.7 Å². The first kappa shape index (κ1) is 19.9. The van der Waals surface area contributed by atoms with Crippen molar-refractivity contribution in [2.75, 3.05) is 20.2 Å². The van der Waals surface area contributed by atoms with Crippen molar-refractivity contribution in [3.05, 3.63) is 47.3 Å². The molecule has 1 aliphatic heterocycles. The molecule has 146 valence electrons. The molecule has 0 saturated carbocycles. The van der Waals surface area contributed by atoms with E-state index in [1.54, 1.807) is 40.0 Å². The number of carbonyl (C=O) groups is 1. The third-order valence-electron chi connectivity index (χ3n) is 4.75. The number of hydrogen-bond acceptors (Lipinski definition) is 5. The molecule has 1 amide bonds. The second-order valence-electron chi connectivity index (χ2n) is 6.44. The highest BCUT2D eigenvalue weighted by Crippen LogP contribution is 2.29. The molecule has 0 radical (unpaired) electrons. The summed E-state index contributed by atoms with van der Waals surface area (Å²) < 4.78 is 33.0. The molecular weight excluding hydrogens is 384 g/mol. The van der Waals surface area contributed by atoms with Gasteiger partial charge in [0.1, 0.15) is 9.96 Å². The first-order valence-electron chi connectivity index (χ1n) is 9.00. The summed E-state index contributed by atoms with van der Waals surface area (Å²) in [6.07, 6.45) is 3.27.